The van der Waals surface area contributed by atoms with Crippen molar-refractivity contribution in [2.24, 2.45) is 0 Å². The minimum atomic E-state index is -1.04. The Balaban J connectivity index is 4.03. The van der Waals surface area contributed by atoms with Crippen molar-refractivity contribution in [2.75, 3.05) is 0 Å². The molecule has 0 aliphatic heterocycles. The number of aliphatic carboxylic acids is 1. The van der Waals surface area contributed by atoms with E-state index in [2.05, 4.69) is 13.2 Å². The van der Waals surface area contributed by atoms with Crippen LogP contribution in [0.3, 0.4) is 0 Å². The number of aliphatic hydroxyl groups is 1. The summed E-state index contributed by atoms with van der Waals surface area (Å²) < 4.78 is 5.15. The standard InChI is InChI=1S/C15H24O5/c1-5-13(16)9-7-11(3)15(19)20-12(4)8-6-10(2)14(17)18/h12-13,16H,2-3,5-9H2,1,4H3,(H,17,18). The lowest BCUT2D eigenvalue weighted by atomic mass is 10.1. The Hall–Kier alpha value is -1.62. The minimum Gasteiger partial charge on any atom is -0.478 e. The van der Waals surface area contributed by atoms with Gasteiger partial charge in [-0.2, -0.15) is 0 Å². The highest BCUT2D eigenvalue weighted by Gasteiger charge is 2.15. The van der Waals surface area contributed by atoms with E-state index in [9.17, 15) is 14.7 Å². The van der Waals surface area contributed by atoms with Crippen LogP contribution in [0.4, 0.5) is 0 Å². The molecule has 0 bridgehead atoms. The first-order valence-corrected chi connectivity index (χ1v) is 6.75. The molecule has 0 aliphatic rings. The maximum absolute atomic E-state index is 11.7. The van der Waals surface area contributed by atoms with Crippen molar-refractivity contribution in [3.05, 3.63) is 24.3 Å². The van der Waals surface area contributed by atoms with E-state index < -0.39 is 24.1 Å². The zero-order valence-corrected chi connectivity index (χ0v) is 12.2. The van der Waals surface area contributed by atoms with Gasteiger partial charge in [0.05, 0.1) is 12.2 Å². The average molecular weight is 284 g/mol. The van der Waals surface area contributed by atoms with Gasteiger partial charge in [0.1, 0.15) is 0 Å². The third-order valence-corrected chi connectivity index (χ3v) is 3.00. The second-order valence-corrected chi connectivity index (χ2v) is 4.87. The number of carbonyl (C=O) groups excluding carboxylic acids is 1. The van der Waals surface area contributed by atoms with Crippen molar-refractivity contribution in [1.29, 1.82) is 0 Å². The summed E-state index contributed by atoms with van der Waals surface area (Å²) in [7, 11) is 0. The first kappa shape index (κ1) is 18.4. The molecule has 114 valence electrons. The van der Waals surface area contributed by atoms with E-state index in [1.54, 1.807) is 6.92 Å². The zero-order valence-electron chi connectivity index (χ0n) is 12.2. The van der Waals surface area contributed by atoms with E-state index in [0.29, 0.717) is 31.3 Å². The zero-order chi connectivity index (χ0) is 15.7. The maximum Gasteiger partial charge on any atom is 0.333 e. The topological polar surface area (TPSA) is 83.8 Å². The Morgan fingerprint density at radius 2 is 1.70 bits per heavy atom. The molecule has 0 rings (SSSR count). The van der Waals surface area contributed by atoms with Gasteiger partial charge in [0.15, 0.2) is 0 Å². The maximum atomic E-state index is 11.7. The summed E-state index contributed by atoms with van der Waals surface area (Å²) in [6, 6.07) is 0. The van der Waals surface area contributed by atoms with Crippen LogP contribution in [-0.4, -0.2) is 34.4 Å². The Labute approximate surface area is 119 Å². The molecule has 5 heteroatoms. The van der Waals surface area contributed by atoms with Gasteiger partial charge in [-0.1, -0.05) is 20.1 Å². The summed E-state index contributed by atoms with van der Waals surface area (Å²) in [5.41, 5.74) is 0.416. The molecule has 0 amide bonds. The quantitative estimate of drug-likeness (QED) is 0.475. The van der Waals surface area contributed by atoms with Crippen LogP contribution in [0.5, 0.6) is 0 Å². The Morgan fingerprint density at radius 3 is 2.20 bits per heavy atom. The van der Waals surface area contributed by atoms with E-state index in [1.165, 1.54) is 0 Å². The molecule has 0 saturated heterocycles. The number of aliphatic hydroxyl groups excluding tert-OH is 1. The Kier molecular flexibility index (Phi) is 8.56. The van der Waals surface area contributed by atoms with Crippen LogP contribution >= 0.6 is 0 Å². The number of carbonyl (C=O) groups is 2. The Bertz CT molecular complexity index is 372. The van der Waals surface area contributed by atoms with E-state index in [0.717, 1.165) is 0 Å². The van der Waals surface area contributed by atoms with Gasteiger partial charge in [-0.25, -0.2) is 9.59 Å². The molecule has 2 atom stereocenters. The van der Waals surface area contributed by atoms with Gasteiger partial charge in [0, 0.05) is 11.1 Å². The number of hydrogen-bond donors (Lipinski definition) is 2. The predicted molar refractivity (Wildman–Crippen MR) is 76.2 cm³/mol. The number of carboxylic acid groups (broad SMARTS) is 1. The van der Waals surface area contributed by atoms with Crippen LogP contribution in [0.25, 0.3) is 0 Å². The fourth-order valence-electron chi connectivity index (χ4n) is 1.46. The predicted octanol–water partition coefficient (Wildman–Crippen LogP) is 2.45. The van der Waals surface area contributed by atoms with Crippen molar-refractivity contribution < 1.29 is 24.5 Å². The smallest absolute Gasteiger partial charge is 0.333 e. The number of hydrogen-bond acceptors (Lipinski definition) is 4. The molecule has 0 radical (unpaired) electrons. The highest BCUT2D eigenvalue weighted by molar-refractivity contribution is 5.87. The van der Waals surface area contributed by atoms with Crippen molar-refractivity contribution in [2.45, 2.75) is 58.2 Å². The van der Waals surface area contributed by atoms with E-state index in [-0.39, 0.29) is 12.0 Å². The van der Waals surface area contributed by atoms with Gasteiger partial charge in [-0.05, 0) is 39.0 Å². The molecule has 20 heavy (non-hydrogen) atoms. The molecule has 0 heterocycles. The molecule has 0 fully saturated rings. The molecule has 0 aromatic heterocycles. The third kappa shape index (κ3) is 7.74. The number of carboxylic acids is 1. The minimum absolute atomic E-state index is 0.0952. The van der Waals surface area contributed by atoms with Crippen LogP contribution < -0.4 is 0 Å². The fraction of sp³-hybridized carbons (Fsp3) is 0.600. The first-order valence-electron chi connectivity index (χ1n) is 6.75. The molecule has 0 saturated carbocycles. The fourth-order valence-corrected chi connectivity index (χ4v) is 1.46. The Morgan fingerprint density at radius 1 is 1.15 bits per heavy atom. The van der Waals surface area contributed by atoms with Crippen molar-refractivity contribution in [3.63, 3.8) is 0 Å². The lowest BCUT2D eigenvalue weighted by molar-refractivity contribution is -0.143. The molecule has 2 N–H and O–H groups in total. The molecule has 0 aliphatic carbocycles. The lowest BCUT2D eigenvalue weighted by Gasteiger charge is -2.15. The van der Waals surface area contributed by atoms with Crippen LogP contribution in [-0.2, 0) is 14.3 Å². The molecule has 0 aromatic carbocycles. The summed E-state index contributed by atoms with van der Waals surface area (Å²) in [6.07, 6.45) is 1.35. The van der Waals surface area contributed by atoms with Crippen LogP contribution in [0, 0.1) is 0 Å². The molecule has 5 nitrogen and oxygen atoms in total. The third-order valence-electron chi connectivity index (χ3n) is 3.00. The van der Waals surface area contributed by atoms with E-state index in [4.69, 9.17) is 9.84 Å². The molecule has 2 unspecified atom stereocenters. The normalized spacial score (nSPS) is 13.3. The molecular weight excluding hydrogens is 260 g/mol. The summed E-state index contributed by atoms with van der Waals surface area (Å²) >= 11 is 0. The largest absolute Gasteiger partial charge is 0.478 e. The highest BCUT2D eigenvalue weighted by Crippen LogP contribution is 2.13. The van der Waals surface area contributed by atoms with Gasteiger partial charge in [-0.15, -0.1) is 0 Å². The average Bonchev–Trinajstić information content (AvgIpc) is 2.41. The monoisotopic (exact) mass is 284 g/mol. The van der Waals surface area contributed by atoms with Crippen LogP contribution in [0.15, 0.2) is 24.3 Å². The van der Waals surface area contributed by atoms with E-state index in [1.807, 2.05) is 6.92 Å². The number of ether oxygens (including phenoxy) is 1. The van der Waals surface area contributed by atoms with Crippen molar-refractivity contribution in [3.8, 4) is 0 Å². The summed E-state index contributed by atoms with van der Waals surface area (Å²) in [5, 5.41) is 18.1. The first-order chi connectivity index (χ1) is 9.27. The van der Waals surface area contributed by atoms with Crippen molar-refractivity contribution >= 4 is 11.9 Å². The highest BCUT2D eigenvalue weighted by atomic mass is 16.5. The lowest BCUT2D eigenvalue weighted by Crippen LogP contribution is -2.18. The summed E-state index contributed by atoms with van der Waals surface area (Å²) in [4.78, 5) is 22.3. The van der Waals surface area contributed by atoms with Gasteiger partial charge in [0.25, 0.3) is 0 Å². The van der Waals surface area contributed by atoms with E-state index >= 15 is 0 Å². The molecule has 0 spiro atoms. The number of esters is 1. The van der Waals surface area contributed by atoms with Gasteiger partial charge in [-0.3, -0.25) is 0 Å². The van der Waals surface area contributed by atoms with Crippen molar-refractivity contribution in [1.82, 2.24) is 0 Å². The second kappa shape index (κ2) is 9.31. The molecular formula is C15H24O5. The summed E-state index contributed by atoms with van der Waals surface area (Å²) in [6.45, 7) is 10.6. The van der Waals surface area contributed by atoms with Crippen LogP contribution in [0.2, 0.25) is 0 Å². The molecule has 0 aromatic rings. The second-order valence-electron chi connectivity index (χ2n) is 4.87. The summed E-state index contributed by atoms with van der Waals surface area (Å²) in [5.74, 6) is -1.54. The SMILES string of the molecule is C=C(CCC(C)OC(=O)C(=C)CCC(O)CC)C(=O)O. The van der Waals surface area contributed by atoms with Gasteiger partial charge in [0.2, 0.25) is 0 Å². The van der Waals surface area contributed by atoms with Crippen LogP contribution in [0.1, 0.15) is 46.0 Å². The van der Waals surface area contributed by atoms with Gasteiger partial charge < -0.3 is 14.9 Å². The number of rotatable bonds is 10. The van der Waals surface area contributed by atoms with Gasteiger partial charge >= 0.3 is 11.9 Å².